The van der Waals surface area contributed by atoms with Gasteiger partial charge in [-0.25, -0.2) is 0 Å². The van der Waals surface area contributed by atoms with Crippen molar-refractivity contribution in [2.24, 2.45) is 0 Å². The van der Waals surface area contributed by atoms with Crippen molar-refractivity contribution in [1.82, 2.24) is 0 Å². The quantitative estimate of drug-likeness (QED) is 0.207. The Bertz CT molecular complexity index is 1820. The average Bonchev–Trinajstić information content (AvgIpc) is 3.03. The van der Waals surface area contributed by atoms with Gasteiger partial charge < -0.3 is 4.90 Å². The number of hydrogen-bond donors (Lipinski definition) is 0. The maximum absolute atomic E-state index is 2.42. The Morgan fingerprint density at radius 3 is 1.65 bits per heavy atom. The molecule has 0 aliphatic heterocycles. The average molecular weight is 514 g/mol. The highest BCUT2D eigenvalue weighted by molar-refractivity contribution is 6.22. The van der Waals surface area contributed by atoms with Gasteiger partial charge in [0.25, 0.3) is 0 Å². The SMILES string of the molecule is Cc1ccc(N(c2ccccc2)c2c3ccccc3c(-c3ccc(C4=CCCC=C4)cc3)c3ccccc23)cc1. The van der Waals surface area contributed by atoms with Gasteiger partial charge in [-0.05, 0) is 77.1 Å². The van der Waals surface area contributed by atoms with Crippen LogP contribution < -0.4 is 4.90 Å². The molecule has 1 aliphatic rings. The third-order valence-corrected chi connectivity index (χ3v) is 7.94. The summed E-state index contributed by atoms with van der Waals surface area (Å²) < 4.78 is 0. The fourth-order valence-corrected chi connectivity index (χ4v) is 5.99. The second-order valence-corrected chi connectivity index (χ2v) is 10.5. The molecule has 6 aromatic carbocycles. The molecule has 0 atom stereocenters. The van der Waals surface area contributed by atoms with E-state index in [9.17, 15) is 0 Å². The zero-order chi connectivity index (χ0) is 26.9. The van der Waals surface area contributed by atoms with Crippen LogP contribution in [0.5, 0.6) is 0 Å². The van der Waals surface area contributed by atoms with E-state index in [2.05, 4.69) is 157 Å². The molecule has 0 N–H and O–H groups in total. The van der Waals surface area contributed by atoms with Crippen molar-refractivity contribution < 1.29 is 0 Å². The number of anilines is 3. The lowest BCUT2D eigenvalue weighted by atomic mass is 9.89. The first-order chi connectivity index (χ1) is 19.8. The summed E-state index contributed by atoms with van der Waals surface area (Å²) in [6, 6.07) is 46.5. The second kappa shape index (κ2) is 10.4. The topological polar surface area (TPSA) is 3.24 Å². The molecule has 1 heteroatoms. The Kier molecular flexibility index (Phi) is 6.26. The van der Waals surface area contributed by atoms with Crippen molar-refractivity contribution in [3.63, 3.8) is 0 Å². The van der Waals surface area contributed by atoms with Crippen LogP contribution in [-0.2, 0) is 0 Å². The minimum atomic E-state index is 1.11. The Morgan fingerprint density at radius 1 is 0.500 bits per heavy atom. The minimum absolute atomic E-state index is 1.11. The van der Waals surface area contributed by atoms with E-state index in [0.717, 1.165) is 24.2 Å². The number of para-hydroxylation sites is 1. The molecular formula is C39H31N. The van der Waals surface area contributed by atoms with Crippen molar-refractivity contribution in [2.45, 2.75) is 19.8 Å². The summed E-state index contributed by atoms with van der Waals surface area (Å²) in [7, 11) is 0. The van der Waals surface area contributed by atoms with Crippen molar-refractivity contribution in [3.8, 4) is 11.1 Å². The normalized spacial score (nSPS) is 13.0. The standard InChI is InChI=1S/C39H31N/c1-28-20-26-33(27-21-28)40(32-14-6-3-7-15-32)39-36-18-10-8-16-34(36)38(35-17-9-11-19-37(35)39)31-24-22-30(23-25-31)29-12-4-2-5-13-29/h3-4,6-27H,2,5H2,1H3. The molecule has 0 spiro atoms. The summed E-state index contributed by atoms with van der Waals surface area (Å²) in [5.74, 6) is 0. The molecule has 0 saturated carbocycles. The summed E-state index contributed by atoms with van der Waals surface area (Å²) in [6.45, 7) is 2.14. The highest BCUT2D eigenvalue weighted by Gasteiger charge is 2.21. The van der Waals surface area contributed by atoms with Crippen LogP contribution in [0.1, 0.15) is 24.0 Å². The smallest absolute Gasteiger partial charge is 0.0618 e. The van der Waals surface area contributed by atoms with Crippen molar-refractivity contribution in [1.29, 1.82) is 0 Å². The minimum Gasteiger partial charge on any atom is -0.309 e. The van der Waals surface area contributed by atoms with Crippen LogP contribution in [0.2, 0.25) is 0 Å². The number of hydrogen-bond acceptors (Lipinski definition) is 1. The van der Waals surface area contributed by atoms with Crippen LogP contribution in [0, 0.1) is 6.92 Å². The fourth-order valence-electron chi connectivity index (χ4n) is 5.99. The van der Waals surface area contributed by atoms with Gasteiger partial charge in [0.2, 0.25) is 0 Å². The van der Waals surface area contributed by atoms with Crippen LogP contribution in [0.25, 0.3) is 38.2 Å². The third-order valence-electron chi connectivity index (χ3n) is 7.94. The maximum Gasteiger partial charge on any atom is 0.0618 e. The van der Waals surface area contributed by atoms with E-state index < -0.39 is 0 Å². The molecule has 6 aromatic rings. The first kappa shape index (κ1) is 24.2. The Hall–Kier alpha value is -4.88. The lowest BCUT2D eigenvalue weighted by molar-refractivity contribution is 1.04. The number of fused-ring (bicyclic) bond motifs is 2. The van der Waals surface area contributed by atoms with Crippen molar-refractivity contribution >= 4 is 44.2 Å². The molecule has 0 heterocycles. The Labute approximate surface area is 236 Å². The third kappa shape index (κ3) is 4.30. The summed E-state index contributed by atoms with van der Waals surface area (Å²) in [5.41, 5.74) is 9.88. The van der Waals surface area contributed by atoms with E-state index in [-0.39, 0.29) is 0 Å². The van der Waals surface area contributed by atoms with Gasteiger partial charge in [-0.1, -0.05) is 127 Å². The van der Waals surface area contributed by atoms with Crippen LogP contribution >= 0.6 is 0 Å². The number of benzene rings is 6. The van der Waals surface area contributed by atoms with Crippen LogP contribution in [0.15, 0.2) is 146 Å². The zero-order valence-corrected chi connectivity index (χ0v) is 22.7. The number of rotatable bonds is 5. The van der Waals surface area contributed by atoms with Gasteiger partial charge in [-0.2, -0.15) is 0 Å². The molecule has 1 nitrogen and oxygen atoms in total. The molecule has 0 fully saturated rings. The number of aryl methyl sites for hydroxylation is 1. The van der Waals surface area contributed by atoms with Gasteiger partial charge in [-0.3, -0.25) is 0 Å². The summed E-state index contributed by atoms with van der Waals surface area (Å²) in [6.07, 6.45) is 9.12. The second-order valence-electron chi connectivity index (χ2n) is 10.5. The predicted octanol–water partition coefficient (Wildman–Crippen LogP) is 11.2. The van der Waals surface area contributed by atoms with E-state index in [1.165, 1.54) is 55.1 Å². The zero-order valence-electron chi connectivity index (χ0n) is 22.7. The largest absolute Gasteiger partial charge is 0.309 e. The molecule has 0 radical (unpaired) electrons. The van der Waals surface area contributed by atoms with Crippen molar-refractivity contribution in [3.05, 3.63) is 157 Å². The van der Waals surface area contributed by atoms with Gasteiger partial charge >= 0.3 is 0 Å². The molecule has 1 aliphatic carbocycles. The highest BCUT2D eigenvalue weighted by atomic mass is 15.1. The summed E-state index contributed by atoms with van der Waals surface area (Å²) in [4.78, 5) is 2.42. The fraction of sp³-hybridized carbons (Fsp3) is 0.0769. The molecule has 40 heavy (non-hydrogen) atoms. The molecule has 0 saturated heterocycles. The van der Waals surface area contributed by atoms with E-state index in [1.807, 2.05) is 0 Å². The van der Waals surface area contributed by atoms with Gasteiger partial charge in [-0.15, -0.1) is 0 Å². The Morgan fingerprint density at radius 2 is 1.05 bits per heavy atom. The summed E-state index contributed by atoms with van der Waals surface area (Å²) in [5, 5.41) is 4.99. The molecule has 7 rings (SSSR count). The molecule has 0 amide bonds. The Balaban J connectivity index is 1.50. The van der Waals surface area contributed by atoms with E-state index in [4.69, 9.17) is 0 Å². The number of allylic oxidation sites excluding steroid dienone is 4. The first-order valence-corrected chi connectivity index (χ1v) is 14.1. The lowest BCUT2D eigenvalue weighted by Crippen LogP contribution is -2.11. The number of nitrogens with zero attached hydrogens (tertiary/aromatic N) is 1. The van der Waals surface area contributed by atoms with Crippen LogP contribution in [-0.4, -0.2) is 0 Å². The lowest BCUT2D eigenvalue weighted by Gasteiger charge is -2.29. The van der Waals surface area contributed by atoms with Crippen LogP contribution in [0.4, 0.5) is 17.1 Å². The van der Waals surface area contributed by atoms with Gasteiger partial charge in [0.1, 0.15) is 0 Å². The van der Waals surface area contributed by atoms with E-state index in [1.54, 1.807) is 0 Å². The monoisotopic (exact) mass is 513 g/mol. The predicted molar refractivity (Wildman–Crippen MR) is 173 cm³/mol. The molecule has 0 bridgehead atoms. The van der Waals surface area contributed by atoms with E-state index >= 15 is 0 Å². The first-order valence-electron chi connectivity index (χ1n) is 14.1. The van der Waals surface area contributed by atoms with E-state index in [0.29, 0.717) is 0 Å². The summed E-state index contributed by atoms with van der Waals surface area (Å²) >= 11 is 0. The highest BCUT2D eigenvalue weighted by Crippen LogP contribution is 2.48. The van der Waals surface area contributed by atoms with Gasteiger partial charge in [0.15, 0.2) is 0 Å². The molecule has 192 valence electrons. The molecule has 0 unspecified atom stereocenters. The van der Waals surface area contributed by atoms with Crippen molar-refractivity contribution in [2.75, 3.05) is 4.90 Å². The van der Waals surface area contributed by atoms with Gasteiger partial charge in [0, 0.05) is 22.1 Å². The molecular weight excluding hydrogens is 482 g/mol. The van der Waals surface area contributed by atoms with Crippen LogP contribution in [0.3, 0.4) is 0 Å². The van der Waals surface area contributed by atoms with Gasteiger partial charge in [0.05, 0.1) is 5.69 Å². The molecule has 0 aromatic heterocycles. The maximum atomic E-state index is 2.42.